The summed E-state index contributed by atoms with van der Waals surface area (Å²) >= 11 is 6.29. The van der Waals surface area contributed by atoms with Crippen molar-refractivity contribution < 1.29 is 4.52 Å². The predicted octanol–water partition coefficient (Wildman–Crippen LogP) is 3.95. The van der Waals surface area contributed by atoms with Crippen LogP contribution in [-0.2, 0) is 6.54 Å². The van der Waals surface area contributed by atoms with Crippen LogP contribution in [0.15, 0.2) is 28.8 Å². The van der Waals surface area contributed by atoms with Gasteiger partial charge < -0.3 is 9.42 Å². The van der Waals surface area contributed by atoms with Gasteiger partial charge in [-0.1, -0.05) is 41.4 Å². The molecular weight excluding hydrogens is 348 g/mol. The first-order valence-corrected chi connectivity index (χ1v) is 10.2. The average molecular weight is 373 g/mol. The number of halogens is 1. The van der Waals surface area contributed by atoms with Gasteiger partial charge in [-0.3, -0.25) is 4.90 Å². The molecule has 5 rings (SSSR count). The second-order valence-corrected chi connectivity index (χ2v) is 8.48. The van der Waals surface area contributed by atoms with Gasteiger partial charge in [-0.25, -0.2) is 0 Å². The van der Waals surface area contributed by atoms with E-state index in [4.69, 9.17) is 21.1 Å². The first-order valence-electron chi connectivity index (χ1n) is 9.80. The Balaban J connectivity index is 1.19. The highest BCUT2D eigenvalue weighted by atomic mass is 35.5. The Morgan fingerprint density at radius 1 is 1.08 bits per heavy atom. The fraction of sp³-hybridized carbons (Fsp3) is 0.600. The maximum absolute atomic E-state index is 6.29. The van der Waals surface area contributed by atoms with Crippen LogP contribution in [0.25, 0.3) is 0 Å². The molecule has 0 amide bonds. The van der Waals surface area contributed by atoms with Crippen molar-refractivity contribution in [3.05, 3.63) is 40.7 Å². The van der Waals surface area contributed by atoms with Gasteiger partial charge in [0, 0.05) is 43.7 Å². The zero-order valence-electron chi connectivity index (χ0n) is 15.0. The largest absolute Gasteiger partial charge is 0.324 e. The molecule has 2 heterocycles. The van der Waals surface area contributed by atoms with Crippen LogP contribution in [0.2, 0.25) is 5.02 Å². The highest BCUT2D eigenvalue weighted by molar-refractivity contribution is 6.31. The summed E-state index contributed by atoms with van der Waals surface area (Å²) in [6, 6.07) is 8.80. The quantitative estimate of drug-likeness (QED) is 0.813. The smallest absolute Gasteiger partial charge is 0.322 e. The minimum absolute atomic E-state index is 0.535. The minimum Gasteiger partial charge on any atom is -0.322 e. The number of hydrogen-bond acceptors (Lipinski definition) is 5. The van der Waals surface area contributed by atoms with E-state index in [1.165, 1.54) is 31.2 Å². The fourth-order valence-corrected chi connectivity index (χ4v) is 5.23. The lowest BCUT2D eigenvalue weighted by atomic mass is 9.88. The van der Waals surface area contributed by atoms with Crippen LogP contribution in [0.4, 0.5) is 6.01 Å². The van der Waals surface area contributed by atoms with Gasteiger partial charge in [-0.2, -0.15) is 4.98 Å². The number of anilines is 1. The Bertz CT molecular complexity index is 771. The van der Waals surface area contributed by atoms with Crippen molar-refractivity contribution in [2.75, 3.05) is 31.1 Å². The van der Waals surface area contributed by atoms with Gasteiger partial charge in [0.25, 0.3) is 0 Å². The Morgan fingerprint density at radius 2 is 1.92 bits per heavy atom. The first kappa shape index (κ1) is 16.6. The number of hydrogen-bond donors (Lipinski definition) is 0. The number of fused-ring (bicyclic) bond motifs is 2. The summed E-state index contributed by atoms with van der Waals surface area (Å²) in [7, 11) is 0. The van der Waals surface area contributed by atoms with Crippen molar-refractivity contribution in [1.82, 2.24) is 15.0 Å². The predicted molar refractivity (Wildman–Crippen MR) is 101 cm³/mol. The van der Waals surface area contributed by atoms with E-state index in [2.05, 4.69) is 21.0 Å². The van der Waals surface area contributed by atoms with Crippen LogP contribution in [0.1, 0.15) is 43.0 Å². The van der Waals surface area contributed by atoms with Crippen molar-refractivity contribution in [1.29, 1.82) is 0 Å². The van der Waals surface area contributed by atoms with E-state index in [0.717, 1.165) is 55.4 Å². The topological polar surface area (TPSA) is 45.4 Å². The van der Waals surface area contributed by atoms with E-state index in [1.54, 1.807) is 0 Å². The molecule has 6 heteroatoms. The van der Waals surface area contributed by atoms with Gasteiger partial charge >= 0.3 is 6.01 Å². The minimum atomic E-state index is 0.535. The Labute approximate surface area is 159 Å². The van der Waals surface area contributed by atoms with Crippen molar-refractivity contribution in [3.63, 3.8) is 0 Å². The van der Waals surface area contributed by atoms with Crippen LogP contribution in [0.3, 0.4) is 0 Å². The summed E-state index contributed by atoms with van der Waals surface area (Å²) < 4.78 is 5.62. The Hall–Kier alpha value is -1.59. The second kappa shape index (κ2) is 6.86. The van der Waals surface area contributed by atoms with E-state index in [0.29, 0.717) is 11.9 Å². The van der Waals surface area contributed by atoms with E-state index < -0.39 is 0 Å². The molecule has 2 aliphatic carbocycles. The molecule has 0 spiro atoms. The average Bonchev–Trinajstić information content (AvgIpc) is 3.41. The highest BCUT2D eigenvalue weighted by Crippen LogP contribution is 2.52. The van der Waals surface area contributed by atoms with Crippen LogP contribution in [-0.4, -0.2) is 41.2 Å². The molecule has 0 radical (unpaired) electrons. The third kappa shape index (κ3) is 3.12. The third-order valence-electron chi connectivity index (χ3n) is 6.50. The van der Waals surface area contributed by atoms with Crippen molar-refractivity contribution >= 4 is 17.6 Å². The molecule has 0 N–H and O–H groups in total. The molecule has 3 fully saturated rings. The van der Waals surface area contributed by atoms with E-state index >= 15 is 0 Å². The normalized spacial score (nSPS) is 28.8. The molecule has 138 valence electrons. The lowest BCUT2D eigenvalue weighted by molar-refractivity contribution is 0.242. The maximum atomic E-state index is 6.29. The van der Waals surface area contributed by atoms with Crippen LogP contribution >= 0.6 is 11.6 Å². The van der Waals surface area contributed by atoms with Crippen molar-refractivity contribution in [2.45, 2.75) is 38.1 Å². The van der Waals surface area contributed by atoms with Crippen LogP contribution in [0, 0.1) is 11.8 Å². The van der Waals surface area contributed by atoms with Gasteiger partial charge in [0.15, 0.2) is 5.82 Å². The fourth-order valence-electron chi connectivity index (χ4n) is 5.03. The molecule has 1 aromatic heterocycles. The maximum Gasteiger partial charge on any atom is 0.324 e. The monoisotopic (exact) mass is 372 g/mol. The molecule has 1 aliphatic heterocycles. The van der Waals surface area contributed by atoms with Crippen molar-refractivity contribution in [3.8, 4) is 0 Å². The van der Waals surface area contributed by atoms with E-state index in [9.17, 15) is 0 Å². The molecule has 1 saturated heterocycles. The first-order chi connectivity index (χ1) is 12.8. The number of aromatic nitrogens is 2. The van der Waals surface area contributed by atoms with Crippen LogP contribution < -0.4 is 4.90 Å². The summed E-state index contributed by atoms with van der Waals surface area (Å²) in [5, 5.41) is 5.18. The van der Waals surface area contributed by atoms with Gasteiger partial charge in [0.05, 0.1) is 0 Å². The van der Waals surface area contributed by atoms with Gasteiger partial charge in [0.1, 0.15) is 0 Å². The number of benzene rings is 1. The molecule has 1 aromatic carbocycles. The molecular formula is C20H25ClN4O. The number of rotatable bonds is 4. The van der Waals surface area contributed by atoms with Gasteiger partial charge in [-0.15, -0.1) is 0 Å². The summed E-state index contributed by atoms with van der Waals surface area (Å²) in [4.78, 5) is 9.43. The zero-order valence-corrected chi connectivity index (χ0v) is 15.7. The van der Waals surface area contributed by atoms with Crippen molar-refractivity contribution in [2.24, 2.45) is 11.8 Å². The number of piperazine rings is 1. The Morgan fingerprint density at radius 3 is 2.65 bits per heavy atom. The molecule has 1 unspecified atom stereocenters. The lowest BCUT2D eigenvalue weighted by Gasteiger charge is -2.33. The summed E-state index contributed by atoms with van der Waals surface area (Å²) in [5.74, 6) is 3.18. The van der Waals surface area contributed by atoms with Gasteiger partial charge in [0.2, 0.25) is 0 Å². The SMILES string of the molecule is Clc1ccccc1CN1CCN(c2nc(C3C[C@@H]4CC[C@H]3C4)no2)CC1. The molecule has 26 heavy (non-hydrogen) atoms. The Kier molecular flexibility index (Phi) is 4.37. The molecule has 2 saturated carbocycles. The highest BCUT2D eigenvalue weighted by Gasteiger charge is 2.42. The molecule has 2 aromatic rings. The molecule has 3 atom stereocenters. The van der Waals surface area contributed by atoms with E-state index in [1.807, 2.05) is 18.2 Å². The van der Waals surface area contributed by atoms with Crippen LogP contribution in [0.5, 0.6) is 0 Å². The molecule has 5 nitrogen and oxygen atoms in total. The summed E-state index contributed by atoms with van der Waals surface area (Å²) in [6.07, 6.45) is 5.38. The zero-order chi connectivity index (χ0) is 17.5. The standard InChI is InChI=1S/C20H25ClN4O/c21-18-4-2-1-3-16(18)13-24-7-9-25(10-8-24)20-22-19(23-26-20)17-12-14-5-6-15(17)11-14/h1-4,14-15,17H,5-13H2/t14-,15+,17?/m1/s1. The molecule has 2 bridgehead atoms. The summed E-state index contributed by atoms with van der Waals surface area (Å²) in [6.45, 7) is 4.70. The number of nitrogens with zero attached hydrogens (tertiary/aromatic N) is 4. The molecule has 3 aliphatic rings. The lowest BCUT2D eigenvalue weighted by Crippen LogP contribution is -2.46. The summed E-state index contributed by atoms with van der Waals surface area (Å²) in [5.41, 5.74) is 1.19. The second-order valence-electron chi connectivity index (χ2n) is 8.07. The van der Waals surface area contributed by atoms with E-state index in [-0.39, 0.29) is 0 Å². The van der Waals surface area contributed by atoms with Gasteiger partial charge in [-0.05, 0) is 42.7 Å². The third-order valence-corrected chi connectivity index (χ3v) is 6.86.